The zero-order valence-electron chi connectivity index (χ0n) is 52.5. The molecule has 13 aliphatic carbocycles. The minimum atomic E-state index is -1.35. The van der Waals surface area contributed by atoms with Gasteiger partial charge in [-0.2, -0.15) is 0 Å². The monoisotopic (exact) mass is 1390 g/mol. The third kappa shape index (κ3) is 24.6. The molecule has 14 fully saturated rings. The third-order valence-corrected chi connectivity index (χ3v) is 21.5. The van der Waals surface area contributed by atoms with Crippen LogP contribution in [0.1, 0.15) is 178 Å². The molecule has 1 amide bonds. The van der Waals surface area contributed by atoms with Crippen molar-refractivity contribution >= 4 is 57.0 Å². The van der Waals surface area contributed by atoms with E-state index in [-0.39, 0.29) is 65.3 Å². The number of aliphatic carboxylic acids is 2. The molecular weight excluding hydrogens is 1280 g/mol. The van der Waals surface area contributed by atoms with Crippen LogP contribution in [0.4, 0.5) is 0 Å². The summed E-state index contributed by atoms with van der Waals surface area (Å²) in [5.41, 5.74) is 18.6. The van der Waals surface area contributed by atoms with Crippen molar-refractivity contribution in [2.75, 3.05) is 26.3 Å². The molecular formula is C63H114N6O15S3V2-2. The number of aliphatic hydroxyl groups excluding tert-OH is 8. The summed E-state index contributed by atoms with van der Waals surface area (Å²) in [7, 11) is 14.5. The molecule has 2 unspecified atom stereocenters. The number of terminal acetylenes is 1. The number of amides is 1. The van der Waals surface area contributed by atoms with Gasteiger partial charge >= 0.3 is 64.0 Å². The standard InChI is InChI=1S/C22H34N2O6.C12H20.C11H19N.C8H16NO4.C6H13NO5.C2H2.CH4NS.CH4.2S.2V.H2/c23-17(2-4-20(28)29)18(25)8-16(1-3-19(26)27)21(30)24-12-22-9-13-5-14(10-22)7-15(6-13)11-22;1-2-12-6-9-3-10(7-12)5-11(4-9)8-12;12-7-11-4-8-1-9(5-11)3-10(2-8)6-11;1-9-6-5(11)2-4(3-10)7(12)8(6)13;7-3-5(10)4(9)2(1-8)12-6(3)11;1-2;1-2-3;;;;;;/h13-17H,1-12,23H2,(H,24,30)(H,26,27)(H,28,29);9-11H,2-8H2,1H3;8-10H,1-7,12H2;4-13H,1-3H2;2-6,8-11H,1,7H2;1-2H;2-3H,1H2;1H4;;;;;1H/q;;;-1;;;-1;;;;;;/t13?,14?,15?,16-,17-,22?;;;4-,5?,6-,7+,8-;2-,3+,4+,5-,6?;;;;;;;;/m0..11......../s1/i;;;;;1D;;;;;;;. The maximum atomic E-state index is 12.9. The summed E-state index contributed by atoms with van der Waals surface area (Å²) in [4.78, 5) is 47.0. The topological polar surface area (TPSA) is 394 Å². The number of hydrogen-bond donors (Lipinski definition) is 17. The van der Waals surface area contributed by atoms with Gasteiger partial charge in [0.2, 0.25) is 5.91 Å². The molecule has 516 valence electrons. The number of ether oxygens (including phenoxy) is 1. The molecule has 0 spiro atoms. The van der Waals surface area contributed by atoms with Gasteiger partial charge in [0.15, 0.2) is 6.29 Å². The molecule has 12 atom stereocenters. The second kappa shape index (κ2) is 41.2. The van der Waals surface area contributed by atoms with Crippen LogP contribution in [0.5, 0.6) is 0 Å². The number of carbonyl (C=O) groups is 4. The average molecular weight is 1390 g/mol. The van der Waals surface area contributed by atoms with E-state index in [0.717, 1.165) is 84.5 Å². The van der Waals surface area contributed by atoms with Gasteiger partial charge in [0.25, 0.3) is 0 Å². The molecule has 89 heavy (non-hydrogen) atoms. The van der Waals surface area contributed by atoms with Crippen LogP contribution in [0.25, 0.3) is 0 Å². The summed E-state index contributed by atoms with van der Waals surface area (Å²) in [5.74, 6) is 5.02. The summed E-state index contributed by atoms with van der Waals surface area (Å²) >= 11 is 7.22. The SMILES string of the molecule is C.CCC12CC3CC(CC(C3)C1)C2.NCC12CC3CC(CC(C3)C1)C2.N[C@@H](CCC(=O)O)C(=O)C[C@H](CCC(=O)O)C(=O)NCC12CC3CC(CC(C3)C1)C2.N[C@@H]1C(O)O[C@H](CO)[C@H](O)[C@@H]1O.[2H]C#C.[CH2-]NS.[CH2-]N[C@@H]1C(O)C[C@H](CO)[C@H](O)[C@@H]1O.[HH].[S]=[V].[S]=[V]. The number of carboxylic acid groups (broad SMARTS) is 2. The van der Waals surface area contributed by atoms with E-state index < -0.39 is 97.2 Å². The molecule has 1 saturated heterocycles. The second-order valence-electron chi connectivity index (χ2n) is 27.8. The number of ketones is 1. The first-order valence-electron chi connectivity index (χ1n) is 32.1. The maximum absolute atomic E-state index is 12.9. The molecule has 19 N–H and O–H groups in total. The zero-order chi connectivity index (χ0) is 67.0. The molecule has 0 aromatic carbocycles. The van der Waals surface area contributed by atoms with E-state index in [0.29, 0.717) is 12.0 Å². The second-order valence-corrected chi connectivity index (χ2v) is 28.1. The van der Waals surface area contributed by atoms with Crippen LogP contribution in [0.15, 0.2) is 0 Å². The van der Waals surface area contributed by atoms with Gasteiger partial charge in [-0.05, 0) is 211 Å². The number of carboxylic acids is 2. The Labute approximate surface area is 565 Å². The van der Waals surface area contributed by atoms with E-state index in [2.05, 4.69) is 76.2 Å². The number of nitrogens with one attached hydrogen (secondary N) is 3. The molecule has 14 rings (SSSR count). The number of rotatable bonds is 17. The summed E-state index contributed by atoms with van der Waals surface area (Å²) < 4.78 is 12.6. The van der Waals surface area contributed by atoms with Gasteiger partial charge in [-0.3, -0.25) is 33.3 Å². The van der Waals surface area contributed by atoms with Crippen molar-refractivity contribution < 1.29 is 109 Å². The fourth-order valence-electron chi connectivity index (χ4n) is 18.5. The summed E-state index contributed by atoms with van der Waals surface area (Å²) in [6.45, 7) is 3.28. The molecule has 0 aromatic heterocycles. The Morgan fingerprint density at radius 1 is 0.685 bits per heavy atom. The fourth-order valence-corrected chi connectivity index (χ4v) is 18.5. The molecule has 12 bridgehead atoms. The van der Waals surface area contributed by atoms with Gasteiger partial charge in [0, 0.05) is 51.7 Å². The average Bonchev–Trinajstić information content (AvgIpc) is 0.789. The molecule has 0 aromatic rings. The van der Waals surface area contributed by atoms with Crippen molar-refractivity contribution in [2.45, 2.75) is 236 Å². The number of hydrogen-bond acceptors (Lipinski definition) is 21. The van der Waals surface area contributed by atoms with E-state index in [1.54, 1.807) is 38.5 Å². The van der Waals surface area contributed by atoms with Gasteiger partial charge in [-0.1, -0.05) is 20.8 Å². The van der Waals surface area contributed by atoms with E-state index in [9.17, 15) is 44.7 Å². The molecule has 13 saturated carbocycles. The van der Waals surface area contributed by atoms with Crippen molar-refractivity contribution in [2.24, 2.45) is 98.5 Å². The Balaban J connectivity index is 0.000000576. The summed E-state index contributed by atoms with van der Waals surface area (Å²) in [5, 5.41) is 96.6. The van der Waals surface area contributed by atoms with Crippen LogP contribution in [0.2, 0.25) is 0 Å². The minimum absolute atomic E-state index is 0. The van der Waals surface area contributed by atoms with Crippen LogP contribution < -0.4 is 32.6 Å². The summed E-state index contributed by atoms with van der Waals surface area (Å²) in [6.07, 6.45) is 25.3. The van der Waals surface area contributed by atoms with Crippen LogP contribution in [-0.2, 0) is 55.4 Å². The van der Waals surface area contributed by atoms with Crippen LogP contribution in [-0.4, -0.2) is 162 Å². The van der Waals surface area contributed by atoms with Gasteiger partial charge in [-0.15, -0.1) is 25.6 Å². The van der Waals surface area contributed by atoms with Crippen molar-refractivity contribution in [1.29, 1.82) is 0 Å². The van der Waals surface area contributed by atoms with Crippen LogP contribution in [0, 0.1) is 108 Å². The number of carbonyl (C=O) groups excluding carboxylic acids is 2. The molecule has 14 aliphatic rings. The predicted octanol–water partition coefficient (Wildman–Crippen LogP) is 4.94. The molecule has 1 heterocycles. The van der Waals surface area contributed by atoms with E-state index in [1.165, 1.54) is 70.6 Å². The first kappa shape index (κ1) is 82.3. The number of aliphatic hydroxyl groups is 8. The Bertz CT molecular complexity index is 2040. The van der Waals surface area contributed by atoms with Gasteiger partial charge in [0.1, 0.15) is 25.5 Å². The van der Waals surface area contributed by atoms with Crippen LogP contribution in [0.3, 0.4) is 0 Å². The van der Waals surface area contributed by atoms with Crippen LogP contribution >= 0.6 is 33.4 Å². The molecule has 1 aliphatic heterocycles. The van der Waals surface area contributed by atoms with E-state index in [1.807, 2.05) is 31.4 Å². The van der Waals surface area contributed by atoms with Crippen molar-refractivity contribution in [3.05, 3.63) is 14.1 Å². The Morgan fingerprint density at radius 2 is 1.07 bits per heavy atom. The van der Waals surface area contributed by atoms with Gasteiger partial charge < -0.3 is 88.4 Å². The van der Waals surface area contributed by atoms with Gasteiger partial charge in [0.05, 0.1) is 37.0 Å². The van der Waals surface area contributed by atoms with Crippen molar-refractivity contribution in [1.82, 2.24) is 15.4 Å². The Kier molecular flexibility index (Phi) is 38.1. The van der Waals surface area contributed by atoms with Crippen molar-refractivity contribution in [3.8, 4) is 12.8 Å². The fraction of sp³-hybridized carbons (Fsp3) is 0.873. The van der Waals surface area contributed by atoms with E-state index >= 15 is 0 Å². The Hall–Kier alpha value is -0.961. The summed E-state index contributed by atoms with van der Waals surface area (Å²) in [6, 6.07) is -2.62. The number of thiol groups is 1. The van der Waals surface area contributed by atoms with E-state index in [4.69, 9.17) is 48.8 Å². The first-order valence-corrected chi connectivity index (χ1v) is 36.2. The predicted molar refractivity (Wildman–Crippen MR) is 344 cm³/mol. The Morgan fingerprint density at radius 3 is 1.42 bits per heavy atom. The molecule has 0 radical (unpaired) electrons. The molecule has 26 heteroatoms. The zero-order valence-corrected chi connectivity index (χ0v) is 56.8. The van der Waals surface area contributed by atoms with Gasteiger partial charge in [-0.25, -0.2) is 0 Å². The van der Waals surface area contributed by atoms with Crippen molar-refractivity contribution in [3.63, 3.8) is 0 Å². The normalized spacial score (nSPS) is 39.5. The third-order valence-electron chi connectivity index (χ3n) is 21.5. The first-order chi connectivity index (χ1) is 42.3. The number of nitrogens with two attached hydrogens (primary N) is 3. The number of Topliss-reactive ketones (excluding diaryl/α,β-unsaturated/α-hetero) is 1. The quantitative estimate of drug-likeness (QED) is 0.0521. The molecule has 21 nitrogen and oxygen atoms in total.